The van der Waals surface area contributed by atoms with Gasteiger partial charge in [-0.2, -0.15) is 0 Å². The van der Waals surface area contributed by atoms with Gasteiger partial charge in [-0.3, -0.25) is 4.99 Å². The smallest absolute Gasteiger partial charge is 0.191 e. The first-order valence-electron chi connectivity index (χ1n) is 7.41. The Morgan fingerprint density at radius 2 is 2.08 bits per heavy atom. The first-order chi connectivity index (χ1) is 11.3. The number of thioether (sulfide) groups is 1. The zero-order chi connectivity index (χ0) is 16.3. The van der Waals surface area contributed by atoms with Crippen molar-refractivity contribution in [1.82, 2.24) is 15.6 Å². The van der Waals surface area contributed by atoms with Crippen molar-refractivity contribution in [3.63, 3.8) is 0 Å². The van der Waals surface area contributed by atoms with E-state index in [4.69, 9.17) is 4.74 Å². The highest BCUT2D eigenvalue weighted by Crippen LogP contribution is 2.20. The summed E-state index contributed by atoms with van der Waals surface area (Å²) in [6.07, 6.45) is 2.91. The van der Waals surface area contributed by atoms with E-state index in [0.29, 0.717) is 0 Å². The Morgan fingerprint density at radius 3 is 2.71 bits per heavy atom. The number of methoxy groups -OCH3 is 1. The molecule has 1 aromatic carbocycles. The lowest BCUT2D eigenvalue weighted by Gasteiger charge is -2.12. The predicted molar refractivity (Wildman–Crippen MR) is 114 cm³/mol. The van der Waals surface area contributed by atoms with Gasteiger partial charge in [0.25, 0.3) is 0 Å². The van der Waals surface area contributed by atoms with Gasteiger partial charge >= 0.3 is 0 Å². The molecule has 0 atom stereocenters. The second-order valence-electron chi connectivity index (χ2n) is 4.70. The van der Waals surface area contributed by atoms with E-state index in [1.807, 2.05) is 35.8 Å². The van der Waals surface area contributed by atoms with Gasteiger partial charge in [-0.25, -0.2) is 4.98 Å². The minimum atomic E-state index is 0. The lowest BCUT2D eigenvalue weighted by atomic mass is 10.2. The van der Waals surface area contributed by atoms with Crippen molar-refractivity contribution in [3.8, 4) is 5.75 Å². The van der Waals surface area contributed by atoms with Crippen LogP contribution in [-0.2, 0) is 6.54 Å². The van der Waals surface area contributed by atoms with E-state index in [2.05, 4.69) is 20.6 Å². The summed E-state index contributed by atoms with van der Waals surface area (Å²) in [6.45, 7) is 1.62. The molecule has 132 valence electrons. The summed E-state index contributed by atoms with van der Waals surface area (Å²) in [7, 11) is 3.46. The van der Waals surface area contributed by atoms with Crippen LogP contribution in [0.5, 0.6) is 5.75 Å². The molecule has 0 amide bonds. The van der Waals surface area contributed by atoms with Crippen LogP contribution in [0.4, 0.5) is 0 Å². The van der Waals surface area contributed by atoms with Crippen molar-refractivity contribution in [2.75, 3.05) is 26.5 Å². The maximum atomic E-state index is 5.16. The maximum absolute atomic E-state index is 5.16. The number of nitrogens with zero attached hydrogens (tertiary/aromatic N) is 2. The van der Waals surface area contributed by atoms with Crippen molar-refractivity contribution in [3.05, 3.63) is 41.4 Å². The summed E-state index contributed by atoms with van der Waals surface area (Å²) >= 11 is 3.48. The molecule has 2 N–H and O–H groups in total. The Balaban J connectivity index is 0.00000288. The van der Waals surface area contributed by atoms with Crippen LogP contribution >= 0.6 is 47.1 Å². The van der Waals surface area contributed by atoms with Gasteiger partial charge < -0.3 is 15.4 Å². The molecule has 0 bridgehead atoms. The van der Waals surface area contributed by atoms with E-state index in [0.717, 1.165) is 41.3 Å². The molecule has 2 aromatic rings. The Bertz CT molecular complexity index is 591. The van der Waals surface area contributed by atoms with Gasteiger partial charge in [0.2, 0.25) is 0 Å². The fourth-order valence-electron chi connectivity index (χ4n) is 1.87. The molecule has 0 spiro atoms. The largest absolute Gasteiger partial charge is 0.497 e. The number of thiazole rings is 1. The van der Waals surface area contributed by atoms with Gasteiger partial charge in [-0.15, -0.1) is 35.3 Å². The van der Waals surface area contributed by atoms with Crippen molar-refractivity contribution >= 4 is 53.0 Å². The standard InChI is InChI=1S/C16H22N4OS2.HI/c1-17-15(18-8-3-10-22-16-19-9-11-23-16)20-12-13-4-6-14(21-2)7-5-13;/h4-7,9,11H,3,8,10,12H2,1-2H3,(H2,17,18,20);1H. The molecule has 0 fully saturated rings. The van der Waals surface area contributed by atoms with Gasteiger partial charge in [0.15, 0.2) is 5.96 Å². The summed E-state index contributed by atoms with van der Waals surface area (Å²) in [6, 6.07) is 8.01. The third kappa shape index (κ3) is 7.71. The summed E-state index contributed by atoms with van der Waals surface area (Å²) in [5.41, 5.74) is 1.19. The number of hydrogen-bond donors (Lipinski definition) is 2. The van der Waals surface area contributed by atoms with Crippen LogP contribution in [0.2, 0.25) is 0 Å². The summed E-state index contributed by atoms with van der Waals surface area (Å²) < 4.78 is 6.29. The Kier molecular flexibility index (Phi) is 10.9. The molecule has 0 unspecified atom stereocenters. The van der Waals surface area contributed by atoms with Gasteiger partial charge in [0.05, 0.1) is 7.11 Å². The summed E-state index contributed by atoms with van der Waals surface area (Å²) in [5.74, 6) is 2.74. The van der Waals surface area contributed by atoms with Crippen molar-refractivity contribution in [1.29, 1.82) is 0 Å². The number of guanidine groups is 1. The van der Waals surface area contributed by atoms with Crippen LogP contribution in [0.1, 0.15) is 12.0 Å². The minimum absolute atomic E-state index is 0. The molecule has 5 nitrogen and oxygen atoms in total. The third-order valence-electron chi connectivity index (χ3n) is 3.09. The number of ether oxygens (including phenoxy) is 1. The van der Waals surface area contributed by atoms with Crippen LogP contribution in [0.3, 0.4) is 0 Å². The van der Waals surface area contributed by atoms with Gasteiger partial charge in [-0.1, -0.05) is 23.9 Å². The molecule has 1 aromatic heterocycles. The number of nitrogens with one attached hydrogen (secondary N) is 2. The maximum Gasteiger partial charge on any atom is 0.191 e. The highest BCUT2D eigenvalue weighted by Gasteiger charge is 2.00. The molecule has 0 saturated carbocycles. The molecule has 24 heavy (non-hydrogen) atoms. The van der Waals surface area contributed by atoms with E-state index in [1.165, 1.54) is 5.56 Å². The molecule has 0 aliphatic carbocycles. The molecular weight excluding hydrogens is 455 g/mol. The zero-order valence-electron chi connectivity index (χ0n) is 13.8. The predicted octanol–water partition coefficient (Wildman–Crippen LogP) is 3.62. The second-order valence-corrected chi connectivity index (χ2v) is 6.94. The number of rotatable bonds is 8. The van der Waals surface area contributed by atoms with E-state index >= 15 is 0 Å². The number of benzene rings is 1. The molecule has 2 rings (SSSR count). The Labute approximate surface area is 168 Å². The van der Waals surface area contributed by atoms with Crippen molar-refractivity contribution in [2.45, 2.75) is 17.3 Å². The van der Waals surface area contributed by atoms with Crippen LogP contribution in [0.15, 0.2) is 45.2 Å². The summed E-state index contributed by atoms with van der Waals surface area (Å²) in [5, 5.41) is 8.64. The fourth-order valence-corrected chi connectivity index (χ4v) is 3.52. The van der Waals surface area contributed by atoms with Crippen LogP contribution < -0.4 is 15.4 Å². The topological polar surface area (TPSA) is 58.5 Å². The molecular formula is C16H23IN4OS2. The normalized spacial score (nSPS) is 10.8. The van der Waals surface area contributed by atoms with Crippen molar-refractivity contribution < 1.29 is 4.74 Å². The van der Waals surface area contributed by atoms with E-state index in [9.17, 15) is 0 Å². The van der Waals surface area contributed by atoms with Crippen LogP contribution in [-0.4, -0.2) is 37.4 Å². The average molecular weight is 478 g/mol. The monoisotopic (exact) mass is 478 g/mol. The van der Waals surface area contributed by atoms with Gasteiger partial charge in [0, 0.05) is 37.5 Å². The van der Waals surface area contributed by atoms with E-state index < -0.39 is 0 Å². The number of aromatic nitrogens is 1. The molecule has 0 aliphatic rings. The summed E-state index contributed by atoms with van der Waals surface area (Å²) in [4.78, 5) is 8.49. The fraction of sp³-hybridized carbons (Fsp3) is 0.375. The first-order valence-corrected chi connectivity index (χ1v) is 9.28. The first kappa shape index (κ1) is 21.0. The lowest BCUT2D eigenvalue weighted by molar-refractivity contribution is 0.414. The quantitative estimate of drug-likeness (QED) is 0.200. The lowest BCUT2D eigenvalue weighted by Crippen LogP contribution is -2.37. The highest BCUT2D eigenvalue weighted by atomic mass is 127. The molecule has 8 heteroatoms. The number of halogens is 1. The zero-order valence-corrected chi connectivity index (χ0v) is 17.8. The highest BCUT2D eigenvalue weighted by molar-refractivity contribution is 14.0. The molecule has 1 heterocycles. The van der Waals surface area contributed by atoms with E-state index in [-0.39, 0.29) is 24.0 Å². The van der Waals surface area contributed by atoms with Gasteiger partial charge in [0.1, 0.15) is 10.1 Å². The number of aliphatic imine (C=N–C) groups is 1. The third-order valence-corrected chi connectivity index (χ3v) is 5.14. The SMILES string of the molecule is CN=C(NCCCSc1nccs1)NCc1ccc(OC)cc1.I. The minimum Gasteiger partial charge on any atom is -0.497 e. The van der Waals surface area contributed by atoms with Gasteiger partial charge in [-0.05, 0) is 24.1 Å². The molecule has 0 saturated heterocycles. The second kappa shape index (κ2) is 12.4. The van der Waals surface area contributed by atoms with Crippen LogP contribution in [0, 0.1) is 0 Å². The molecule has 0 aliphatic heterocycles. The van der Waals surface area contributed by atoms with E-state index in [1.54, 1.807) is 37.3 Å². The van der Waals surface area contributed by atoms with Crippen molar-refractivity contribution in [2.24, 2.45) is 4.99 Å². The molecule has 0 radical (unpaired) electrons. The Hall–Kier alpha value is -1.00. The average Bonchev–Trinajstić information content (AvgIpc) is 3.11. The number of hydrogen-bond acceptors (Lipinski definition) is 5. The van der Waals surface area contributed by atoms with Crippen LogP contribution in [0.25, 0.3) is 0 Å². The Morgan fingerprint density at radius 1 is 1.29 bits per heavy atom.